The highest BCUT2D eigenvalue weighted by Gasteiger charge is 2.09. The summed E-state index contributed by atoms with van der Waals surface area (Å²) in [4.78, 5) is 11.7. The summed E-state index contributed by atoms with van der Waals surface area (Å²) >= 11 is 0. The SMILES string of the molecule is CC(C)CS(=O)CCC(=O)c1ccc(F)cc1. The molecule has 0 fully saturated rings. The van der Waals surface area contributed by atoms with Gasteiger partial charge in [0.15, 0.2) is 5.78 Å². The summed E-state index contributed by atoms with van der Waals surface area (Å²) in [5.74, 6) is 0.939. The normalized spacial score (nSPS) is 12.7. The number of ketones is 1. The van der Waals surface area contributed by atoms with Crippen molar-refractivity contribution in [3.8, 4) is 0 Å². The third-order valence-electron chi connectivity index (χ3n) is 2.24. The van der Waals surface area contributed by atoms with Crippen molar-refractivity contribution in [1.82, 2.24) is 0 Å². The molecule has 0 spiro atoms. The zero-order chi connectivity index (χ0) is 12.8. The van der Waals surface area contributed by atoms with Crippen molar-refractivity contribution >= 4 is 16.6 Å². The van der Waals surface area contributed by atoms with Gasteiger partial charge in [0.2, 0.25) is 0 Å². The molecule has 0 aliphatic rings. The molecule has 0 saturated heterocycles. The van der Waals surface area contributed by atoms with E-state index in [-0.39, 0.29) is 18.0 Å². The summed E-state index contributed by atoms with van der Waals surface area (Å²) in [7, 11) is -0.944. The monoisotopic (exact) mass is 256 g/mol. The predicted molar refractivity (Wildman–Crippen MR) is 68.1 cm³/mol. The number of benzene rings is 1. The van der Waals surface area contributed by atoms with E-state index in [1.54, 1.807) is 0 Å². The van der Waals surface area contributed by atoms with Crippen LogP contribution in [0.1, 0.15) is 30.6 Å². The smallest absolute Gasteiger partial charge is 0.163 e. The Kier molecular flexibility index (Phi) is 5.48. The number of Topliss-reactive ketones (excluding diaryl/α,β-unsaturated/α-hetero) is 1. The van der Waals surface area contributed by atoms with E-state index in [2.05, 4.69) is 0 Å². The molecule has 17 heavy (non-hydrogen) atoms. The third-order valence-corrected chi connectivity index (χ3v) is 3.94. The molecular weight excluding hydrogens is 239 g/mol. The van der Waals surface area contributed by atoms with Gasteiger partial charge in [-0.1, -0.05) is 13.8 Å². The van der Waals surface area contributed by atoms with Crippen LogP contribution in [0.4, 0.5) is 4.39 Å². The van der Waals surface area contributed by atoms with Crippen LogP contribution in [0.2, 0.25) is 0 Å². The molecule has 0 radical (unpaired) electrons. The second-order valence-corrected chi connectivity index (χ2v) is 6.01. The molecule has 0 saturated carbocycles. The van der Waals surface area contributed by atoms with Crippen LogP contribution in [0.5, 0.6) is 0 Å². The molecular formula is C13H17FO2S. The minimum Gasteiger partial charge on any atom is -0.294 e. The Morgan fingerprint density at radius 3 is 2.41 bits per heavy atom. The van der Waals surface area contributed by atoms with Gasteiger partial charge in [0, 0.05) is 34.3 Å². The Hall–Kier alpha value is -1.03. The van der Waals surface area contributed by atoms with Crippen LogP contribution in [0, 0.1) is 11.7 Å². The van der Waals surface area contributed by atoms with Crippen molar-refractivity contribution in [1.29, 1.82) is 0 Å². The standard InChI is InChI=1S/C13H17FO2S/c1-10(2)9-17(16)8-7-13(15)11-3-5-12(14)6-4-11/h3-6,10H,7-9H2,1-2H3. The fraction of sp³-hybridized carbons (Fsp3) is 0.462. The second-order valence-electron chi connectivity index (χ2n) is 4.38. The number of rotatable bonds is 6. The quantitative estimate of drug-likeness (QED) is 0.733. The first-order valence-corrected chi connectivity index (χ1v) is 7.11. The molecule has 0 aliphatic carbocycles. The lowest BCUT2D eigenvalue weighted by molar-refractivity contribution is 0.0989. The van der Waals surface area contributed by atoms with Crippen molar-refractivity contribution in [2.75, 3.05) is 11.5 Å². The van der Waals surface area contributed by atoms with E-state index in [4.69, 9.17) is 0 Å². The summed E-state index contributed by atoms with van der Waals surface area (Å²) < 4.78 is 24.2. The van der Waals surface area contributed by atoms with Crippen molar-refractivity contribution in [3.63, 3.8) is 0 Å². The van der Waals surface area contributed by atoms with Crippen molar-refractivity contribution in [2.45, 2.75) is 20.3 Å². The van der Waals surface area contributed by atoms with Crippen LogP contribution < -0.4 is 0 Å². The molecule has 0 bridgehead atoms. The molecule has 0 amide bonds. The average molecular weight is 256 g/mol. The average Bonchev–Trinajstić information content (AvgIpc) is 2.26. The van der Waals surface area contributed by atoms with Crippen LogP contribution in [-0.4, -0.2) is 21.5 Å². The molecule has 0 N–H and O–H groups in total. The molecule has 0 aromatic heterocycles. The first-order chi connectivity index (χ1) is 7.99. The summed E-state index contributed by atoms with van der Waals surface area (Å²) in [6.07, 6.45) is 0.255. The van der Waals surface area contributed by atoms with Crippen LogP contribution in [0.25, 0.3) is 0 Å². The van der Waals surface area contributed by atoms with Crippen LogP contribution in [0.15, 0.2) is 24.3 Å². The van der Waals surface area contributed by atoms with Gasteiger partial charge in [-0.15, -0.1) is 0 Å². The number of carbonyl (C=O) groups excluding carboxylic acids is 1. The van der Waals surface area contributed by atoms with E-state index in [1.165, 1.54) is 24.3 Å². The van der Waals surface area contributed by atoms with Crippen LogP contribution >= 0.6 is 0 Å². The van der Waals surface area contributed by atoms with E-state index in [1.807, 2.05) is 13.8 Å². The molecule has 2 nitrogen and oxygen atoms in total. The Labute approximate surface area is 104 Å². The summed E-state index contributed by atoms with van der Waals surface area (Å²) in [5.41, 5.74) is 0.480. The van der Waals surface area contributed by atoms with E-state index in [0.29, 0.717) is 23.0 Å². The number of hydrogen-bond donors (Lipinski definition) is 0. The second kappa shape index (κ2) is 6.64. The van der Waals surface area contributed by atoms with E-state index in [0.717, 1.165) is 0 Å². The Morgan fingerprint density at radius 2 is 1.88 bits per heavy atom. The maximum Gasteiger partial charge on any atom is 0.163 e. The minimum absolute atomic E-state index is 0.0814. The van der Waals surface area contributed by atoms with Gasteiger partial charge in [-0.05, 0) is 30.2 Å². The molecule has 0 heterocycles. The van der Waals surface area contributed by atoms with Gasteiger partial charge in [-0.3, -0.25) is 9.00 Å². The lowest BCUT2D eigenvalue weighted by atomic mass is 10.1. The van der Waals surface area contributed by atoms with Crippen molar-refractivity contribution in [2.24, 2.45) is 5.92 Å². The van der Waals surface area contributed by atoms with Gasteiger partial charge < -0.3 is 0 Å². The van der Waals surface area contributed by atoms with Gasteiger partial charge in [0.25, 0.3) is 0 Å². The molecule has 0 aliphatic heterocycles. The molecule has 1 atom stereocenters. The number of halogens is 1. The molecule has 1 unspecified atom stereocenters. The molecule has 1 aromatic carbocycles. The van der Waals surface area contributed by atoms with Gasteiger partial charge in [-0.2, -0.15) is 0 Å². The first-order valence-electron chi connectivity index (χ1n) is 5.62. The third kappa shape index (κ3) is 5.22. The fourth-order valence-electron chi connectivity index (χ4n) is 1.44. The molecule has 1 rings (SSSR count). The molecule has 1 aromatic rings. The fourth-order valence-corrected chi connectivity index (χ4v) is 2.77. The predicted octanol–water partition coefficient (Wildman–Crippen LogP) is 2.80. The van der Waals surface area contributed by atoms with Gasteiger partial charge >= 0.3 is 0 Å². The Bertz CT molecular complexity index is 398. The van der Waals surface area contributed by atoms with Crippen LogP contribution in [-0.2, 0) is 10.8 Å². The van der Waals surface area contributed by atoms with E-state index in [9.17, 15) is 13.4 Å². The van der Waals surface area contributed by atoms with Gasteiger partial charge in [0.05, 0.1) is 0 Å². The topological polar surface area (TPSA) is 34.1 Å². The van der Waals surface area contributed by atoms with E-state index >= 15 is 0 Å². The van der Waals surface area contributed by atoms with Crippen molar-refractivity contribution in [3.05, 3.63) is 35.6 Å². The molecule has 4 heteroatoms. The van der Waals surface area contributed by atoms with Crippen molar-refractivity contribution < 1.29 is 13.4 Å². The first kappa shape index (κ1) is 14.0. The van der Waals surface area contributed by atoms with Gasteiger partial charge in [-0.25, -0.2) is 4.39 Å². The summed E-state index contributed by atoms with van der Waals surface area (Å²) in [5, 5.41) is 0. The highest BCUT2D eigenvalue weighted by atomic mass is 32.2. The highest BCUT2D eigenvalue weighted by molar-refractivity contribution is 7.85. The highest BCUT2D eigenvalue weighted by Crippen LogP contribution is 2.07. The lowest BCUT2D eigenvalue weighted by Crippen LogP contribution is -2.11. The maximum atomic E-state index is 12.6. The zero-order valence-corrected chi connectivity index (χ0v) is 10.9. The Balaban J connectivity index is 2.45. The zero-order valence-electron chi connectivity index (χ0n) is 10.1. The largest absolute Gasteiger partial charge is 0.294 e. The number of hydrogen-bond acceptors (Lipinski definition) is 2. The molecule has 94 valence electrons. The summed E-state index contributed by atoms with van der Waals surface area (Å²) in [6, 6.07) is 5.45. The van der Waals surface area contributed by atoms with Crippen LogP contribution in [0.3, 0.4) is 0 Å². The minimum atomic E-state index is -0.944. The maximum absolute atomic E-state index is 12.6. The van der Waals surface area contributed by atoms with E-state index < -0.39 is 10.8 Å². The summed E-state index contributed by atoms with van der Waals surface area (Å²) in [6.45, 7) is 4.00. The Morgan fingerprint density at radius 1 is 1.29 bits per heavy atom. The number of carbonyl (C=O) groups is 1. The lowest BCUT2D eigenvalue weighted by Gasteiger charge is -2.04. The van der Waals surface area contributed by atoms with Gasteiger partial charge in [0.1, 0.15) is 5.82 Å².